The van der Waals surface area contributed by atoms with Gasteiger partial charge in [-0.3, -0.25) is 14.5 Å². The Labute approximate surface area is 163 Å². The fraction of sp³-hybridized carbons (Fsp3) is 0.909. The van der Waals surface area contributed by atoms with Gasteiger partial charge in [0.2, 0.25) is 0 Å². The molecule has 4 saturated carbocycles. The van der Waals surface area contributed by atoms with E-state index in [2.05, 4.69) is 10.2 Å². The summed E-state index contributed by atoms with van der Waals surface area (Å²) in [6.45, 7) is 8.24. The number of Topliss-reactive ketones (excluding diaryl/α,β-unsaturated/α-hetero) is 1. The minimum Gasteiger partial charge on any atom is -0.480 e. The molecule has 152 valence electrons. The quantitative estimate of drug-likeness (QED) is 0.789. The minimum absolute atomic E-state index is 0.138. The molecule has 6 rings (SSSR count). The van der Waals surface area contributed by atoms with Crippen LogP contribution in [0.3, 0.4) is 0 Å². The van der Waals surface area contributed by atoms with Crippen molar-refractivity contribution < 1.29 is 14.7 Å². The van der Waals surface area contributed by atoms with Gasteiger partial charge < -0.3 is 10.4 Å². The molecule has 4 aliphatic carbocycles. The van der Waals surface area contributed by atoms with Crippen molar-refractivity contribution in [2.24, 2.45) is 29.6 Å². The molecule has 0 spiro atoms. The molecule has 2 atom stereocenters. The first-order chi connectivity index (χ1) is 12.8. The van der Waals surface area contributed by atoms with Crippen molar-refractivity contribution in [3.8, 4) is 0 Å². The maximum absolute atomic E-state index is 12.9. The van der Waals surface area contributed by atoms with Crippen LogP contribution in [0.5, 0.6) is 0 Å². The molecule has 6 fully saturated rings. The van der Waals surface area contributed by atoms with Gasteiger partial charge in [-0.1, -0.05) is 6.92 Å². The second-order valence-electron chi connectivity index (χ2n) is 10.1. The van der Waals surface area contributed by atoms with E-state index >= 15 is 0 Å². The average Bonchev–Trinajstić information content (AvgIpc) is 2.54. The number of nitrogens with zero attached hydrogens (tertiary/aromatic N) is 1. The standard InChI is InChI=1S/C19H29NO3.C3H7N/c1-4-14(18(22)23)20-16(17(21)19(20,2)3)15-12-6-10-5-11(8-12)9-13(15)7-10;1-2-4-3-1/h10-16H,4-9H2,1-3H3,(H,22,23);4H,1-3H2. The van der Waals surface area contributed by atoms with Crippen LogP contribution in [0.15, 0.2) is 0 Å². The van der Waals surface area contributed by atoms with E-state index < -0.39 is 17.6 Å². The molecule has 0 aromatic rings. The predicted molar refractivity (Wildman–Crippen MR) is 104 cm³/mol. The highest BCUT2D eigenvalue weighted by Gasteiger charge is 2.64. The summed E-state index contributed by atoms with van der Waals surface area (Å²) in [4.78, 5) is 26.7. The molecule has 2 aliphatic heterocycles. The van der Waals surface area contributed by atoms with Gasteiger partial charge in [0, 0.05) is 0 Å². The third-order valence-corrected chi connectivity index (χ3v) is 8.20. The van der Waals surface area contributed by atoms with Gasteiger partial charge in [0.1, 0.15) is 6.04 Å². The topological polar surface area (TPSA) is 69.6 Å². The molecule has 4 bridgehead atoms. The van der Waals surface area contributed by atoms with Crippen molar-refractivity contribution in [2.45, 2.75) is 83.3 Å². The highest BCUT2D eigenvalue weighted by molar-refractivity contribution is 6.00. The lowest BCUT2D eigenvalue weighted by Gasteiger charge is -2.64. The van der Waals surface area contributed by atoms with Gasteiger partial charge in [0.15, 0.2) is 5.78 Å². The molecule has 2 heterocycles. The van der Waals surface area contributed by atoms with Gasteiger partial charge in [-0.15, -0.1) is 0 Å². The maximum Gasteiger partial charge on any atom is 0.320 e. The normalized spacial score (nSPS) is 42.6. The van der Waals surface area contributed by atoms with Crippen molar-refractivity contribution in [3.63, 3.8) is 0 Å². The smallest absolute Gasteiger partial charge is 0.320 e. The van der Waals surface area contributed by atoms with Gasteiger partial charge in [0.25, 0.3) is 0 Å². The van der Waals surface area contributed by atoms with Crippen LogP contribution in [0.2, 0.25) is 0 Å². The van der Waals surface area contributed by atoms with E-state index in [1.807, 2.05) is 20.8 Å². The van der Waals surface area contributed by atoms with Crippen LogP contribution in [0, 0.1) is 29.6 Å². The van der Waals surface area contributed by atoms with Crippen molar-refractivity contribution >= 4 is 11.8 Å². The first kappa shape index (κ1) is 19.4. The first-order valence-corrected chi connectivity index (χ1v) is 11.1. The number of carboxylic acids is 1. The van der Waals surface area contributed by atoms with E-state index in [9.17, 15) is 14.7 Å². The van der Waals surface area contributed by atoms with Crippen LogP contribution in [0.1, 0.15) is 65.7 Å². The molecule has 2 N–H and O–H groups in total. The van der Waals surface area contributed by atoms with Gasteiger partial charge in [0.05, 0.1) is 11.6 Å². The highest BCUT2D eigenvalue weighted by atomic mass is 16.4. The number of nitrogens with one attached hydrogen (secondary N) is 1. The number of hydrogen-bond donors (Lipinski definition) is 2. The number of carbonyl (C=O) groups is 2. The van der Waals surface area contributed by atoms with E-state index in [0.717, 1.165) is 11.8 Å². The third-order valence-electron chi connectivity index (χ3n) is 8.20. The number of aliphatic carboxylic acids is 1. The van der Waals surface area contributed by atoms with E-state index in [1.165, 1.54) is 51.6 Å². The Morgan fingerprint density at radius 3 is 2.00 bits per heavy atom. The lowest BCUT2D eigenvalue weighted by molar-refractivity contribution is -0.188. The Kier molecular flexibility index (Phi) is 5.13. The Balaban J connectivity index is 0.000000400. The van der Waals surface area contributed by atoms with Gasteiger partial charge in [-0.25, -0.2) is 0 Å². The lowest BCUT2D eigenvalue weighted by Crippen LogP contribution is -2.78. The van der Waals surface area contributed by atoms with Gasteiger partial charge in [-0.2, -0.15) is 0 Å². The molecule has 0 amide bonds. The predicted octanol–water partition coefficient (Wildman–Crippen LogP) is 2.93. The molecule has 0 aromatic carbocycles. The Bertz CT molecular complexity index is 566. The van der Waals surface area contributed by atoms with Crippen LogP contribution in [0.25, 0.3) is 0 Å². The Morgan fingerprint density at radius 2 is 1.63 bits per heavy atom. The molecular weight excluding hydrogens is 340 g/mol. The SMILES string of the molecule is C1CNC1.CCC(C(=O)O)N1C(C2C3CC4CC(C3)CC2C4)C(=O)C1(C)C. The summed E-state index contributed by atoms with van der Waals surface area (Å²) in [5.41, 5.74) is -0.613. The lowest BCUT2D eigenvalue weighted by atomic mass is 9.48. The summed E-state index contributed by atoms with van der Waals surface area (Å²) in [7, 11) is 0. The van der Waals surface area contributed by atoms with Crippen molar-refractivity contribution in [2.75, 3.05) is 13.1 Å². The van der Waals surface area contributed by atoms with Crippen LogP contribution in [-0.4, -0.2) is 52.5 Å². The van der Waals surface area contributed by atoms with Crippen LogP contribution in [0.4, 0.5) is 0 Å². The maximum atomic E-state index is 12.9. The number of likely N-dealkylation sites (tertiary alicyclic amines) is 1. The number of ketones is 1. The average molecular weight is 377 g/mol. The number of hydrogen-bond acceptors (Lipinski definition) is 4. The van der Waals surface area contributed by atoms with Crippen molar-refractivity contribution in [3.05, 3.63) is 0 Å². The van der Waals surface area contributed by atoms with Crippen LogP contribution >= 0.6 is 0 Å². The minimum atomic E-state index is -0.776. The van der Waals surface area contributed by atoms with E-state index in [0.29, 0.717) is 24.2 Å². The molecule has 2 saturated heterocycles. The molecule has 0 radical (unpaired) electrons. The summed E-state index contributed by atoms with van der Waals surface area (Å²) in [6.07, 6.45) is 8.47. The van der Waals surface area contributed by atoms with Crippen LogP contribution in [-0.2, 0) is 9.59 Å². The molecule has 6 aliphatic rings. The molecule has 5 heteroatoms. The number of carbonyl (C=O) groups excluding carboxylic acids is 1. The van der Waals surface area contributed by atoms with Crippen LogP contribution < -0.4 is 5.32 Å². The molecule has 2 unspecified atom stereocenters. The zero-order valence-electron chi connectivity index (χ0n) is 17.1. The largest absolute Gasteiger partial charge is 0.480 e. The Morgan fingerprint density at radius 1 is 1.15 bits per heavy atom. The fourth-order valence-electron chi connectivity index (χ4n) is 6.99. The molecule has 0 aromatic heterocycles. The second-order valence-corrected chi connectivity index (χ2v) is 10.1. The number of carboxylic acid groups (broad SMARTS) is 1. The summed E-state index contributed by atoms with van der Waals surface area (Å²) in [5, 5.41) is 12.8. The number of rotatable bonds is 4. The van der Waals surface area contributed by atoms with Gasteiger partial charge in [-0.05, 0) is 101 Å². The molecule has 27 heavy (non-hydrogen) atoms. The second kappa shape index (κ2) is 7.14. The van der Waals surface area contributed by atoms with E-state index in [1.54, 1.807) is 0 Å². The summed E-state index contributed by atoms with van der Waals surface area (Å²) >= 11 is 0. The highest BCUT2D eigenvalue weighted by Crippen LogP contribution is 2.60. The first-order valence-electron chi connectivity index (χ1n) is 11.1. The third kappa shape index (κ3) is 3.15. The van der Waals surface area contributed by atoms with E-state index in [4.69, 9.17) is 0 Å². The summed E-state index contributed by atoms with van der Waals surface area (Å²) in [6, 6.07) is -0.661. The summed E-state index contributed by atoms with van der Waals surface area (Å²) < 4.78 is 0. The summed E-state index contributed by atoms with van der Waals surface area (Å²) in [5.74, 6) is 3.00. The molecular formula is C22H36N2O3. The van der Waals surface area contributed by atoms with E-state index in [-0.39, 0.29) is 11.8 Å². The Hall–Kier alpha value is -0.940. The zero-order valence-corrected chi connectivity index (χ0v) is 17.1. The van der Waals surface area contributed by atoms with Crippen molar-refractivity contribution in [1.82, 2.24) is 10.2 Å². The molecule has 5 nitrogen and oxygen atoms in total. The van der Waals surface area contributed by atoms with Crippen molar-refractivity contribution in [1.29, 1.82) is 0 Å². The monoisotopic (exact) mass is 376 g/mol. The van der Waals surface area contributed by atoms with Gasteiger partial charge >= 0.3 is 5.97 Å². The zero-order chi connectivity index (χ0) is 19.3. The fourth-order valence-corrected chi connectivity index (χ4v) is 6.99.